The van der Waals surface area contributed by atoms with E-state index in [2.05, 4.69) is 15.5 Å². The Morgan fingerprint density at radius 1 is 1.03 bits per heavy atom. The SMILES string of the molecule is C[C@H]1C(c2ccccc2Cl)=NO[C@H]1C(=O)Nc1ccc(Cc2ccncc2)cc1. The second-order valence-corrected chi connectivity index (χ2v) is 7.40. The molecule has 0 radical (unpaired) electrons. The van der Waals surface area contributed by atoms with Gasteiger partial charge in [-0.15, -0.1) is 0 Å². The zero-order valence-electron chi connectivity index (χ0n) is 15.9. The molecule has 0 saturated carbocycles. The molecule has 4 rings (SSSR count). The average molecular weight is 406 g/mol. The molecule has 1 aliphatic rings. The summed E-state index contributed by atoms with van der Waals surface area (Å²) >= 11 is 6.26. The van der Waals surface area contributed by atoms with Gasteiger partial charge in [0.15, 0.2) is 0 Å². The van der Waals surface area contributed by atoms with Gasteiger partial charge in [0.25, 0.3) is 5.91 Å². The fourth-order valence-corrected chi connectivity index (χ4v) is 3.56. The summed E-state index contributed by atoms with van der Waals surface area (Å²) in [5.74, 6) is -0.439. The van der Waals surface area contributed by atoms with Crippen LogP contribution in [0, 0.1) is 5.92 Å². The second-order valence-electron chi connectivity index (χ2n) is 6.99. The average Bonchev–Trinajstić information content (AvgIpc) is 3.12. The standard InChI is InChI=1S/C23H20ClN3O2/c1-15-21(19-4-2-3-5-20(19)24)27-29-22(15)23(28)26-18-8-6-16(7-9-18)14-17-10-12-25-13-11-17/h2-13,15,22H,14H2,1H3,(H,26,28)/t15-,22+/m0/s1. The lowest BCUT2D eigenvalue weighted by molar-refractivity contribution is -0.127. The Labute approximate surface area is 174 Å². The summed E-state index contributed by atoms with van der Waals surface area (Å²) in [6, 6.07) is 19.2. The number of carbonyl (C=O) groups is 1. The van der Waals surface area contributed by atoms with Gasteiger partial charge in [-0.25, -0.2) is 0 Å². The van der Waals surface area contributed by atoms with Gasteiger partial charge in [-0.2, -0.15) is 0 Å². The van der Waals surface area contributed by atoms with E-state index in [-0.39, 0.29) is 11.8 Å². The molecule has 0 saturated heterocycles. The number of hydrogen-bond acceptors (Lipinski definition) is 4. The molecule has 3 aromatic rings. The number of aromatic nitrogens is 1. The molecule has 2 heterocycles. The van der Waals surface area contributed by atoms with Gasteiger partial charge in [-0.1, -0.05) is 54.0 Å². The molecule has 1 aromatic heterocycles. The van der Waals surface area contributed by atoms with Gasteiger partial charge in [-0.05, 0) is 47.9 Å². The van der Waals surface area contributed by atoms with E-state index in [0.29, 0.717) is 10.7 Å². The molecule has 6 heteroatoms. The first kappa shape index (κ1) is 19.2. The number of nitrogens with zero attached hydrogens (tertiary/aromatic N) is 2. The highest BCUT2D eigenvalue weighted by molar-refractivity contribution is 6.34. The van der Waals surface area contributed by atoms with E-state index in [9.17, 15) is 4.79 Å². The van der Waals surface area contributed by atoms with Crippen molar-refractivity contribution in [3.8, 4) is 0 Å². The molecule has 5 nitrogen and oxygen atoms in total. The van der Waals surface area contributed by atoms with Crippen molar-refractivity contribution in [3.63, 3.8) is 0 Å². The van der Waals surface area contributed by atoms with Crippen LogP contribution in [0.1, 0.15) is 23.6 Å². The van der Waals surface area contributed by atoms with Gasteiger partial charge >= 0.3 is 0 Å². The van der Waals surface area contributed by atoms with Crippen molar-refractivity contribution < 1.29 is 9.63 Å². The number of anilines is 1. The first-order valence-electron chi connectivity index (χ1n) is 9.39. The van der Waals surface area contributed by atoms with E-state index in [1.807, 2.05) is 61.5 Å². The van der Waals surface area contributed by atoms with Crippen LogP contribution < -0.4 is 5.32 Å². The van der Waals surface area contributed by atoms with E-state index in [1.165, 1.54) is 5.56 Å². The molecular formula is C23H20ClN3O2. The number of benzene rings is 2. The molecule has 2 aromatic carbocycles. The third kappa shape index (κ3) is 4.30. The normalized spacial score (nSPS) is 18.1. The van der Waals surface area contributed by atoms with Crippen LogP contribution in [-0.4, -0.2) is 22.7 Å². The number of rotatable bonds is 5. The zero-order chi connectivity index (χ0) is 20.2. The van der Waals surface area contributed by atoms with Crippen molar-refractivity contribution in [2.24, 2.45) is 11.1 Å². The Bertz CT molecular complexity index is 1040. The summed E-state index contributed by atoms with van der Waals surface area (Å²) in [6.07, 6.45) is 3.68. The van der Waals surface area contributed by atoms with Crippen molar-refractivity contribution in [1.29, 1.82) is 0 Å². The largest absolute Gasteiger partial charge is 0.381 e. The molecule has 0 fully saturated rings. The smallest absolute Gasteiger partial charge is 0.268 e. The minimum absolute atomic E-state index is 0.208. The summed E-state index contributed by atoms with van der Waals surface area (Å²) in [5, 5.41) is 7.62. The molecule has 0 unspecified atom stereocenters. The van der Waals surface area contributed by atoms with E-state index >= 15 is 0 Å². The number of nitrogens with one attached hydrogen (secondary N) is 1. The molecule has 0 aliphatic carbocycles. The Hall–Kier alpha value is -3.18. The minimum Gasteiger partial charge on any atom is -0.381 e. The molecule has 0 spiro atoms. The monoisotopic (exact) mass is 405 g/mol. The van der Waals surface area contributed by atoms with Gasteiger partial charge < -0.3 is 10.2 Å². The van der Waals surface area contributed by atoms with Gasteiger partial charge in [0.2, 0.25) is 6.10 Å². The van der Waals surface area contributed by atoms with Gasteiger partial charge in [-0.3, -0.25) is 9.78 Å². The Morgan fingerprint density at radius 3 is 2.45 bits per heavy atom. The number of amides is 1. The molecule has 2 atom stereocenters. The fraction of sp³-hybridized carbons (Fsp3) is 0.174. The zero-order valence-corrected chi connectivity index (χ0v) is 16.6. The van der Waals surface area contributed by atoms with Crippen LogP contribution in [0.4, 0.5) is 5.69 Å². The van der Waals surface area contributed by atoms with Gasteiger partial charge in [0.1, 0.15) is 0 Å². The number of pyridine rings is 1. The number of oxime groups is 1. The van der Waals surface area contributed by atoms with Crippen LogP contribution in [0.25, 0.3) is 0 Å². The summed E-state index contributed by atoms with van der Waals surface area (Å²) < 4.78 is 0. The topological polar surface area (TPSA) is 63.6 Å². The summed E-state index contributed by atoms with van der Waals surface area (Å²) in [6.45, 7) is 1.91. The maximum Gasteiger partial charge on any atom is 0.268 e. The number of carbonyl (C=O) groups excluding carboxylic acids is 1. The predicted octanol–water partition coefficient (Wildman–Crippen LogP) is 4.70. The molecule has 29 heavy (non-hydrogen) atoms. The summed E-state index contributed by atoms with van der Waals surface area (Å²) in [5.41, 5.74) is 4.54. The van der Waals surface area contributed by atoms with Crippen LogP contribution in [0.5, 0.6) is 0 Å². The van der Waals surface area contributed by atoms with Crippen molar-refractivity contribution in [2.75, 3.05) is 5.32 Å². The Balaban J connectivity index is 1.39. The highest BCUT2D eigenvalue weighted by atomic mass is 35.5. The summed E-state index contributed by atoms with van der Waals surface area (Å²) in [7, 11) is 0. The molecule has 1 N–H and O–H groups in total. The van der Waals surface area contributed by atoms with Crippen molar-refractivity contribution in [3.05, 3.63) is 94.8 Å². The number of halogens is 1. The lowest BCUT2D eigenvalue weighted by Crippen LogP contribution is -2.34. The highest BCUT2D eigenvalue weighted by Crippen LogP contribution is 2.28. The quantitative estimate of drug-likeness (QED) is 0.669. The highest BCUT2D eigenvalue weighted by Gasteiger charge is 2.37. The van der Waals surface area contributed by atoms with Crippen LogP contribution in [-0.2, 0) is 16.1 Å². The van der Waals surface area contributed by atoms with Gasteiger partial charge in [0.05, 0.1) is 11.6 Å². The first-order valence-corrected chi connectivity index (χ1v) is 9.77. The molecule has 146 valence electrons. The Morgan fingerprint density at radius 2 is 1.72 bits per heavy atom. The maximum atomic E-state index is 12.7. The molecule has 0 bridgehead atoms. The van der Waals surface area contributed by atoms with Crippen LogP contribution >= 0.6 is 11.6 Å². The third-order valence-electron chi connectivity index (χ3n) is 4.94. The van der Waals surface area contributed by atoms with Crippen molar-refractivity contribution in [1.82, 2.24) is 4.98 Å². The Kier molecular flexibility index (Phi) is 5.58. The lowest BCUT2D eigenvalue weighted by atomic mass is 9.93. The number of hydrogen-bond donors (Lipinski definition) is 1. The summed E-state index contributed by atoms with van der Waals surface area (Å²) in [4.78, 5) is 22.2. The van der Waals surface area contributed by atoms with Gasteiger partial charge in [0, 0.05) is 28.7 Å². The van der Waals surface area contributed by atoms with Crippen LogP contribution in [0.3, 0.4) is 0 Å². The van der Waals surface area contributed by atoms with E-state index in [1.54, 1.807) is 18.5 Å². The van der Waals surface area contributed by atoms with Crippen LogP contribution in [0.2, 0.25) is 5.02 Å². The van der Waals surface area contributed by atoms with E-state index < -0.39 is 6.10 Å². The van der Waals surface area contributed by atoms with Crippen LogP contribution in [0.15, 0.2) is 78.2 Å². The van der Waals surface area contributed by atoms with Crippen molar-refractivity contribution in [2.45, 2.75) is 19.4 Å². The third-order valence-corrected chi connectivity index (χ3v) is 5.27. The molecule has 1 amide bonds. The van der Waals surface area contributed by atoms with Crippen molar-refractivity contribution >= 4 is 28.9 Å². The van der Waals surface area contributed by atoms with E-state index in [0.717, 1.165) is 23.2 Å². The maximum absolute atomic E-state index is 12.7. The lowest BCUT2D eigenvalue weighted by Gasteiger charge is -2.15. The van der Waals surface area contributed by atoms with E-state index in [4.69, 9.17) is 16.4 Å². The predicted molar refractivity (Wildman–Crippen MR) is 114 cm³/mol. The minimum atomic E-state index is -0.697. The molecular weight excluding hydrogens is 386 g/mol. The first-order chi connectivity index (χ1) is 14.1. The second kappa shape index (κ2) is 8.45. The molecule has 1 aliphatic heterocycles. The fourth-order valence-electron chi connectivity index (χ4n) is 3.33.